The van der Waals surface area contributed by atoms with E-state index in [9.17, 15) is 15.3 Å². The minimum atomic E-state index is -3.21. The van der Waals surface area contributed by atoms with Gasteiger partial charge in [-0.1, -0.05) is 163 Å². The van der Waals surface area contributed by atoms with Crippen molar-refractivity contribution in [2.75, 3.05) is 6.61 Å². The van der Waals surface area contributed by atoms with Crippen molar-refractivity contribution in [3.05, 3.63) is 121 Å². The standard InChI is InChI=1S/C38H48O6Si2/c1-37(2,3)45(28-19-11-7-12-20-28,29-21-13-8-14-22-29)43-34-32(27-39)42-36(41)35(33(34)40)44-46(38(4,5)6,30-23-15-9-16-24-30)31-25-17-10-18-26-31/h7-26,32-36,39-41H,27H2,1-6H3/t32-,33+,34-,35-,36-/m1/s1. The van der Waals surface area contributed by atoms with E-state index in [0.717, 1.165) is 20.7 Å². The summed E-state index contributed by atoms with van der Waals surface area (Å²) >= 11 is 0. The lowest BCUT2D eigenvalue weighted by Gasteiger charge is -2.52. The molecule has 0 amide bonds. The van der Waals surface area contributed by atoms with Crippen LogP contribution in [-0.2, 0) is 13.6 Å². The van der Waals surface area contributed by atoms with E-state index in [0.29, 0.717) is 0 Å². The van der Waals surface area contributed by atoms with Crippen LogP contribution in [0.5, 0.6) is 0 Å². The number of ether oxygens (including phenoxy) is 1. The molecule has 0 radical (unpaired) electrons. The van der Waals surface area contributed by atoms with Crippen LogP contribution < -0.4 is 20.7 Å². The van der Waals surface area contributed by atoms with Crippen LogP contribution in [-0.4, -0.2) is 69.3 Å². The molecule has 0 unspecified atom stereocenters. The Labute approximate surface area is 275 Å². The van der Waals surface area contributed by atoms with Gasteiger partial charge in [0.1, 0.15) is 24.4 Å². The second-order valence-electron chi connectivity index (χ2n) is 14.2. The van der Waals surface area contributed by atoms with E-state index in [1.807, 2.05) is 72.8 Å². The maximum atomic E-state index is 12.4. The van der Waals surface area contributed by atoms with Crippen LogP contribution in [0.3, 0.4) is 0 Å². The molecule has 0 aromatic heterocycles. The van der Waals surface area contributed by atoms with Gasteiger partial charge in [-0.25, -0.2) is 0 Å². The van der Waals surface area contributed by atoms with Crippen molar-refractivity contribution >= 4 is 37.4 Å². The number of aliphatic hydroxyl groups is 3. The Morgan fingerprint density at radius 3 is 1.13 bits per heavy atom. The van der Waals surface area contributed by atoms with Crippen LogP contribution in [0.2, 0.25) is 10.1 Å². The molecule has 6 nitrogen and oxygen atoms in total. The molecule has 0 spiro atoms. The average molecular weight is 657 g/mol. The van der Waals surface area contributed by atoms with Crippen molar-refractivity contribution in [2.24, 2.45) is 0 Å². The molecule has 5 atom stereocenters. The summed E-state index contributed by atoms with van der Waals surface area (Å²) in [7, 11) is -6.40. The van der Waals surface area contributed by atoms with E-state index in [4.69, 9.17) is 13.6 Å². The summed E-state index contributed by atoms with van der Waals surface area (Å²) in [6, 6.07) is 40.5. The van der Waals surface area contributed by atoms with Crippen molar-refractivity contribution in [3.63, 3.8) is 0 Å². The van der Waals surface area contributed by atoms with Crippen LogP contribution >= 0.6 is 0 Å². The monoisotopic (exact) mass is 656 g/mol. The fourth-order valence-corrected chi connectivity index (χ4v) is 16.5. The number of rotatable bonds is 9. The fraction of sp³-hybridized carbons (Fsp3) is 0.368. The Kier molecular flexibility index (Phi) is 10.2. The van der Waals surface area contributed by atoms with Crippen molar-refractivity contribution in [3.8, 4) is 0 Å². The van der Waals surface area contributed by atoms with E-state index >= 15 is 0 Å². The molecule has 0 aliphatic carbocycles. The summed E-state index contributed by atoms with van der Waals surface area (Å²) in [6.45, 7) is 12.5. The SMILES string of the molecule is CC(C)(C)[Si](O[C@@H]1[C@@H](O)[C@H](O[Si](c2ccccc2)(c2ccccc2)C(C)(C)C)[C@@H](CO)O[C@H]1O)(c1ccccc1)c1ccccc1. The Morgan fingerprint density at radius 2 is 0.848 bits per heavy atom. The molecule has 244 valence electrons. The average Bonchev–Trinajstić information content (AvgIpc) is 3.05. The zero-order chi connectivity index (χ0) is 33.2. The predicted octanol–water partition coefficient (Wildman–Crippen LogP) is 3.95. The normalized spacial score (nSPS) is 22.8. The quantitative estimate of drug-likeness (QED) is 0.237. The predicted molar refractivity (Wildman–Crippen MR) is 189 cm³/mol. The molecule has 3 N–H and O–H groups in total. The second-order valence-corrected chi connectivity index (χ2v) is 22.7. The van der Waals surface area contributed by atoms with Crippen LogP contribution in [0.25, 0.3) is 0 Å². The van der Waals surface area contributed by atoms with Crippen molar-refractivity contribution < 1.29 is 28.9 Å². The lowest BCUT2D eigenvalue weighted by molar-refractivity contribution is -0.279. The largest absolute Gasteiger partial charge is 0.399 e. The van der Waals surface area contributed by atoms with E-state index in [2.05, 4.69) is 90.1 Å². The molecule has 0 saturated carbocycles. The maximum absolute atomic E-state index is 12.4. The number of hydrogen-bond acceptors (Lipinski definition) is 6. The summed E-state index contributed by atoms with van der Waals surface area (Å²) in [4.78, 5) is 0. The molecule has 4 aromatic carbocycles. The van der Waals surface area contributed by atoms with E-state index < -0.39 is 59.0 Å². The van der Waals surface area contributed by atoms with Crippen molar-refractivity contribution in [1.29, 1.82) is 0 Å². The number of aliphatic hydroxyl groups excluding tert-OH is 3. The van der Waals surface area contributed by atoms with Crippen molar-refractivity contribution in [2.45, 2.75) is 82.3 Å². The van der Waals surface area contributed by atoms with E-state index in [1.54, 1.807) is 0 Å². The number of hydrogen-bond donors (Lipinski definition) is 3. The third-order valence-corrected chi connectivity index (χ3v) is 19.3. The summed E-state index contributed by atoms with van der Waals surface area (Å²) in [5, 5.41) is 37.8. The lowest BCUT2D eigenvalue weighted by atomic mass is 9.99. The van der Waals surface area contributed by atoms with E-state index in [1.165, 1.54) is 0 Å². The van der Waals surface area contributed by atoms with Gasteiger partial charge in [0, 0.05) is 0 Å². The van der Waals surface area contributed by atoms with Gasteiger partial charge in [-0.15, -0.1) is 0 Å². The van der Waals surface area contributed by atoms with Gasteiger partial charge < -0.3 is 28.9 Å². The van der Waals surface area contributed by atoms with Crippen LogP contribution in [0.4, 0.5) is 0 Å². The molecule has 1 aliphatic heterocycles. The second kappa shape index (κ2) is 13.7. The Bertz CT molecular complexity index is 1440. The summed E-state index contributed by atoms with van der Waals surface area (Å²) in [6.07, 6.45) is -5.94. The smallest absolute Gasteiger partial charge is 0.261 e. The highest BCUT2D eigenvalue weighted by molar-refractivity contribution is 7.00. The fourth-order valence-electron chi connectivity index (χ4n) is 7.12. The highest BCUT2D eigenvalue weighted by Gasteiger charge is 2.59. The van der Waals surface area contributed by atoms with Gasteiger partial charge in [0.25, 0.3) is 16.6 Å². The zero-order valence-electron chi connectivity index (χ0n) is 27.7. The minimum absolute atomic E-state index is 0.389. The van der Waals surface area contributed by atoms with Gasteiger partial charge in [0.05, 0.1) is 6.61 Å². The molecule has 1 fully saturated rings. The molecule has 1 heterocycles. The first-order valence-electron chi connectivity index (χ1n) is 16.1. The van der Waals surface area contributed by atoms with Gasteiger partial charge in [-0.05, 0) is 30.8 Å². The van der Waals surface area contributed by atoms with Gasteiger partial charge in [-0.2, -0.15) is 0 Å². The third-order valence-electron chi connectivity index (χ3n) is 9.27. The lowest BCUT2D eigenvalue weighted by Crippen LogP contribution is -2.74. The maximum Gasteiger partial charge on any atom is 0.261 e. The molecule has 1 saturated heterocycles. The molecular weight excluding hydrogens is 609 g/mol. The third kappa shape index (κ3) is 6.21. The van der Waals surface area contributed by atoms with Gasteiger partial charge in [0.15, 0.2) is 6.29 Å². The number of benzene rings is 4. The van der Waals surface area contributed by atoms with Gasteiger partial charge >= 0.3 is 0 Å². The summed E-state index contributed by atoms with van der Waals surface area (Å²) in [5.74, 6) is 0. The van der Waals surface area contributed by atoms with E-state index in [-0.39, 0.29) is 5.04 Å². The van der Waals surface area contributed by atoms with Crippen LogP contribution in [0.1, 0.15) is 41.5 Å². The zero-order valence-corrected chi connectivity index (χ0v) is 29.7. The molecule has 8 heteroatoms. The van der Waals surface area contributed by atoms with Crippen LogP contribution in [0, 0.1) is 0 Å². The molecular formula is C38H48O6Si2. The topological polar surface area (TPSA) is 88.4 Å². The molecule has 1 aliphatic rings. The Balaban J connectivity index is 1.66. The van der Waals surface area contributed by atoms with Gasteiger partial charge in [0.2, 0.25) is 0 Å². The first-order chi connectivity index (χ1) is 21.9. The molecule has 5 rings (SSSR count). The highest BCUT2D eigenvalue weighted by Crippen LogP contribution is 2.42. The summed E-state index contributed by atoms with van der Waals surface area (Å²) < 4.78 is 20.7. The Hall–Kier alpha value is -2.93. The first-order valence-corrected chi connectivity index (χ1v) is 19.9. The molecule has 0 bridgehead atoms. The van der Waals surface area contributed by atoms with Crippen LogP contribution in [0.15, 0.2) is 121 Å². The first kappa shape index (κ1) is 34.4. The van der Waals surface area contributed by atoms with Crippen molar-refractivity contribution in [1.82, 2.24) is 0 Å². The Morgan fingerprint density at radius 1 is 0.543 bits per heavy atom. The molecule has 4 aromatic rings. The molecule has 46 heavy (non-hydrogen) atoms. The highest BCUT2D eigenvalue weighted by atomic mass is 28.4. The van der Waals surface area contributed by atoms with Gasteiger partial charge in [-0.3, -0.25) is 0 Å². The minimum Gasteiger partial charge on any atom is -0.399 e. The summed E-state index contributed by atoms with van der Waals surface area (Å²) in [5.41, 5.74) is 0.